The van der Waals surface area contributed by atoms with Gasteiger partial charge in [0.25, 0.3) is 0 Å². The van der Waals surface area contributed by atoms with Gasteiger partial charge in [-0.2, -0.15) is 0 Å². The Labute approximate surface area is 102 Å². The molecule has 17 heavy (non-hydrogen) atoms. The van der Waals surface area contributed by atoms with Gasteiger partial charge in [-0.1, -0.05) is 12.1 Å². The smallest absolute Gasteiger partial charge is 0.221 e. The zero-order chi connectivity index (χ0) is 13.1. The molecule has 0 aliphatic carbocycles. The third-order valence-electron chi connectivity index (χ3n) is 2.28. The van der Waals surface area contributed by atoms with Crippen molar-refractivity contribution in [2.24, 2.45) is 5.73 Å². The first-order valence-electron chi connectivity index (χ1n) is 5.56. The van der Waals surface area contributed by atoms with Gasteiger partial charge in [0.15, 0.2) is 0 Å². The standard InChI is InChI=1S/C13H20N2O2/c1-9(16)15-12-10(8-13(2,3)14)6-5-7-11(12)17-4/h5-7H,8,14H2,1-4H3,(H,15,16). The summed E-state index contributed by atoms with van der Waals surface area (Å²) in [6.07, 6.45) is 0.666. The second kappa shape index (κ2) is 5.19. The van der Waals surface area contributed by atoms with Crippen LogP contribution in [0.15, 0.2) is 18.2 Å². The minimum absolute atomic E-state index is 0.120. The van der Waals surface area contributed by atoms with E-state index in [0.29, 0.717) is 17.9 Å². The highest BCUT2D eigenvalue weighted by molar-refractivity contribution is 5.91. The summed E-state index contributed by atoms with van der Waals surface area (Å²) < 4.78 is 5.25. The SMILES string of the molecule is COc1cccc(CC(C)(C)N)c1NC(C)=O. The molecular formula is C13H20N2O2. The fourth-order valence-electron chi connectivity index (χ4n) is 1.70. The molecule has 0 radical (unpaired) electrons. The van der Waals surface area contributed by atoms with Crippen LogP contribution in [0.2, 0.25) is 0 Å². The van der Waals surface area contributed by atoms with Crippen molar-refractivity contribution in [3.63, 3.8) is 0 Å². The van der Waals surface area contributed by atoms with Gasteiger partial charge in [-0.15, -0.1) is 0 Å². The topological polar surface area (TPSA) is 64.3 Å². The molecule has 1 aromatic carbocycles. The van der Waals surface area contributed by atoms with Crippen LogP contribution in [0.3, 0.4) is 0 Å². The predicted molar refractivity (Wildman–Crippen MR) is 69.3 cm³/mol. The van der Waals surface area contributed by atoms with E-state index in [1.807, 2.05) is 32.0 Å². The number of carbonyl (C=O) groups excluding carboxylic acids is 1. The van der Waals surface area contributed by atoms with Crippen LogP contribution in [0.5, 0.6) is 5.75 Å². The molecule has 0 bridgehead atoms. The van der Waals surface area contributed by atoms with Crippen LogP contribution in [-0.4, -0.2) is 18.6 Å². The molecule has 1 amide bonds. The highest BCUT2D eigenvalue weighted by Gasteiger charge is 2.17. The number of methoxy groups -OCH3 is 1. The lowest BCUT2D eigenvalue weighted by atomic mass is 9.94. The van der Waals surface area contributed by atoms with Gasteiger partial charge in [0.1, 0.15) is 5.75 Å². The quantitative estimate of drug-likeness (QED) is 0.839. The van der Waals surface area contributed by atoms with Crippen molar-refractivity contribution >= 4 is 11.6 Å². The Hall–Kier alpha value is -1.55. The maximum atomic E-state index is 11.2. The van der Waals surface area contributed by atoms with Crippen molar-refractivity contribution in [3.05, 3.63) is 23.8 Å². The Morgan fingerprint density at radius 3 is 2.59 bits per heavy atom. The van der Waals surface area contributed by atoms with E-state index >= 15 is 0 Å². The van der Waals surface area contributed by atoms with Crippen molar-refractivity contribution in [1.29, 1.82) is 0 Å². The van der Waals surface area contributed by atoms with Crippen molar-refractivity contribution in [2.75, 3.05) is 12.4 Å². The molecule has 0 aromatic heterocycles. The number of hydrogen-bond donors (Lipinski definition) is 2. The molecule has 0 saturated heterocycles. The van der Waals surface area contributed by atoms with Gasteiger partial charge >= 0.3 is 0 Å². The summed E-state index contributed by atoms with van der Waals surface area (Å²) >= 11 is 0. The van der Waals surface area contributed by atoms with Gasteiger partial charge in [0.2, 0.25) is 5.91 Å². The zero-order valence-electron chi connectivity index (χ0n) is 10.8. The van der Waals surface area contributed by atoms with E-state index in [9.17, 15) is 4.79 Å². The Morgan fingerprint density at radius 1 is 1.47 bits per heavy atom. The molecule has 0 saturated carbocycles. The van der Waals surface area contributed by atoms with Gasteiger partial charge in [0, 0.05) is 12.5 Å². The van der Waals surface area contributed by atoms with Crippen molar-refractivity contribution in [1.82, 2.24) is 0 Å². The predicted octanol–water partition coefficient (Wildman–Crippen LogP) is 1.93. The van der Waals surface area contributed by atoms with Crippen LogP contribution in [0.4, 0.5) is 5.69 Å². The molecule has 0 fully saturated rings. The van der Waals surface area contributed by atoms with Gasteiger partial charge in [-0.05, 0) is 31.9 Å². The summed E-state index contributed by atoms with van der Waals surface area (Å²) in [6, 6.07) is 5.66. The fraction of sp³-hybridized carbons (Fsp3) is 0.462. The molecule has 3 N–H and O–H groups in total. The Bertz CT molecular complexity index is 408. The van der Waals surface area contributed by atoms with Gasteiger partial charge in [-0.25, -0.2) is 0 Å². The number of amides is 1. The monoisotopic (exact) mass is 236 g/mol. The van der Waals surface area contributed by atoms with Gasteiger partial charge in [-0.3, -0.25) is 4.79 Å². The normalized spacial score (nSPS) is 11.1. The zero-order valence-corrected chi connectivity index (χ0v) is 10.8. The number of benzene rings is 1. The lowest BCUT2D eigenvalue weighted by Crippen LogP contribution is -2.34. The summed E-state index contributed by atoms with van der Waals surface area (Å²) in [5.74, 6) is 0.535. The van der Waals surface area contributed by atoms with Crippen LogP contribution >= 0.6 is 0 Å². The lowest BCUT2D eigenvalue weighted by molar-refractivity contribution is -0.114. The fourth-order valence-corrected chi connectivity index (χ4v) is 1.70. The van der Waals surface area contributed by atoms with Crippen LogP contribution < -0.4 is 15.8 Å². The minimum atomic E-state index is -0.334. The third-order valence-corrected chi connectivity index (χ3v) is 2.28. The Balaban J connectivity index is 3.14. The molecule has 0 aliphatic heterocycles. The first kappa shape index (κ1) is 13.5. The van der Waals surface area contributed by atoms with E-state index in [0.717, 1.165) is 5.56 Å². The molecule has 4 nitrogen and oxygen atoms in total. The highest BCUT2D eigenvalue weighted by Crippen LogP contribution is 2.30. The molecule has 0 aliphatic rings. The summed E-state index contributed by atoms with van der Waals surface area (Å²) in [5, 5.41) is 2.80. The van der Waals surface area contributed by atoms with Crippen molar-refractivity contribution < 1.29 is 9.53 Å². The highest BCUT2D eigenvalue weighted by atomic mass is 16.5. The van der Waals surface area contributed by atoms with Gasteiger partial charge in [0.05, 0.1) is 12.8 Å². The number of hydrogen-bond acceptors (Lipinski definition) is 3. The Morgan fingerprint density at radius 2 is 2.12 bits per heavy atom. The first-order valence-corrected chi connectivity index (χ1v) is 5.56. The number of nitrogens with one attached hydrogen (secondary N) is 1. The average molecular weight is 236 g/mol. The van der Waals surface area contributed by atoms with E-state index in [1.165, 1.54) is 6.92 Å². The molecule has 1 aromatic rings. The minimum Gasteiger partial charge on any atom is -0.495 e. The largest absolute Gasteiger partial charge is 0.495 e. The molecule has 0 unspecified atom stereocenters. The average Bonchev–Trinajstić information content (AvgIpc) is 2.17. The number of nitrogens with two attached hydrogens (primary N) is 1. The third kappa shape index (κ3) is 4.07. The maximum Gasteiger partial charge on any atom is 0.221 e. The van der Waals surface area contributed by atoms with E-state index in [2.05, 4.69) is 5.32 Å². The van der Waals surface area contributed by atoms with Crippen LogP contribution in [0.1, 0.15) is 26.3 Å². The van der Waals surface area contributed by atoms with E-state index in [4.69, 9.17) is 10.5 Å². The van der Waals surface area contributed by atoms with Gasteiger partial charge < -0.3 is 15.8 Å². The van der Waals surface area contributed by atoms with Crippen LogP contribution in [0, 0.1) is 0 Å². The second-order valence-corrected chi connectivity index (χ2v) is 4.84. The molecule has 4 heteroatoms. The van der Waals surface area contributed by atoms with Crippen LogP contribution in [-0.2, 0) is 11.2 Å². The number of rotatable bonds is 4. The first-order chi connectivity index (χ1) is 7.83. The molecule has 0 atom stereocenters. The van der Waals surface area contributed by atoms with E-state index in [1.54, 1.807) is 7.11 Å². The summed E-state index contributed by atoms with van der Waals surface area (Å²) in [5.41, 5.74) is 7.36. The number of carbonyl (C=O) groups is 1. The van der Waals surface area contributed by atoms with Crippen molar-refractivity contribution in [3.8, 4) is 5.75 Å². The molecule has 94 valence electrons. The van der Waals surface area contributed by atoms with E-state index in [-0.39, 0.29) is 11.4 Å². The number of para-hydroxylation sites is 1. The molecule has 1 rings (SSSR count). The second-order valence-electron chi connectivity index (χ2n) is 4.84. The number of anilines is 1. The summed E-state index contributed by atoms with van der Waals surface area (Å²) in [4.78, 5) is 11.2. The molecule has 0 heterocycles. The lowest BCUT2D eigenvalue weighted by Gasteiger charge is -2.21. The molecular weight excluding hydrogens is 216 g/mol. The van der Waals surface area contributed by atoms with E-state index < -0.39 is 0 Å². The van der Waals surface area contributed by atoms with Crippen LogP contribution in [0.25, 0.3) is 0 Å². The Kier molecular flexibility index (Phi) is 4.12. The summed E-state index contributed by atoms with van der Waals surface area (Å²) in [7, 11) is 1.58. The maximum absolute atomic E-state index is 11.2. The molecule has 0 spiro atoms. The summed E-state index contributed by atoms with van der Waals surface area (Å²) in [6.45, 7) is 5.37. The van der Waals surface area contributed by atoms with Crippen molar-refractivity contribution in [2.45, 2.75) is 32.7 Å². The number of ether oxygens (including phenoxy) is 1.